The van der Waals surface area contributed by atoms with Gasteiger partial charge in [-0.1, -0.05) is 30.3 Å². The van der Waals surface area contributed by atoms with Gasteiger partial charge in [0.15, 0.2) is 5.78 Å². The zero-order valence-electron chi connectivity index (χ0n) is 13.7. The van der Waals surface area contributed by atoms with Crippen LogP contribution in [0.25, 0.3) is 6.08 Å². The van der Waals surface area contributed by atoms with Gasteiger partial charge in [0.2, 0.25) is 0 Å². The summed E-state index contributed by atoms with van der Waals surface area (Å²) in [7, 11) is 0. The zero-order valence-corrected chi connectivity index (χ0v) is 13.7. The van der Waals surface area contributed by atoms with E-state index in [4.69, 9.17) is 9.84 Å². The van der Waals surface area contributed by atoms with E-state index < -0.39 is 5.97 Å². The van der Waals surface area contributed by atoms with Gasteiger partial charge in [-0.2, -0.15) is 0 Å². The number of rotatable bonds is 5. The fraction of sp³-hybridized carbons (Fsp3) is 0.200. The fourth-order valence-corrected chi connectivity index (χ4v) is 2.68. The minimum absolute atomic E-state index is 0.0857. The van der Waals surface area contributed by atoms with Crippen molar-refractivity contribution in [2.75, 3.05) is 31.2 Å². The number of aromatic carboxylic acids is 1. The Kier molecular flexibility index (Phi) is 5.26. The molecule has 0 aliphatic carbocycles. The third-order valence-electron chi connectivity index (χ3n) is 4.09. The van der Waals surface area contributed by atoms with E-state index in [-0.39, 0.29) is 11.3 Å². The van der Waals surface area contributed by atoms with Crippen LogP contribution < -0.4 is 4.90 Å². The second-order valence-corrected chi connectivity index (χ2v) is 5.77. The molecule has 5 heteroatoms. The second kappa shape index (κ2) is 7.77. The Morgan fingerprint density at radius 3 is 2.40 bits per heavy atom. The van der Waals surface area contributed by atoms with E-state index in [1.54, 1.807) is 24.3 Å². The van der Waals surface area contributed by atoms with Crippen molar-refractivity contribution in [1.82, 2.24) is 0 Å². The summed E-state index contributed by atoms with van der Waals surface area (Å²) in [6.07, 6.45) is 3.20. The molecule has 0 aromatic heterocycles. The minimum atomic E-state index is -0.966. The molecule has 0 radical (unpaired) electrons. The molecule has 3 rings (SSSR count). The van der Waals surface area contributed by atoms with Crippen molar-refractivity contribution >= 4 is 23.5 Å². The molecule has 128 valence electrons. The molecular weight excluding hydrogens is 318 g/mol. The van der Waals surface area contributed by atoms with Gasteiger partial charge in [0, 0.05) is 24.3 Å². The standard InChI is InChI=1S/C20H19NO4/c22-19(9-6-15-4-7-16(8-5-15)20(23)24)17-2-1-3-18(14-17)21-10-12-25-13-11-21/h1-9,14H,10-13H2,(H,23,24). The molecule has 5 nitrogen and oxygen atoms in total. The molecule has 1 saturated heterocycles. The lowest BCUT2D eigenvalue weighted by molar-refractivity contribution is 0.0696. The number of carboxylic acids is 1. The number of carboxylic acid groups (broad SMARTS) is 1. The van der Waals surface area contributed by atoms with Crippen LogP contribution in [0.4, 0.5) is 5.69 Å². The number of benzene rings is 2. The number of ketones is 1. The Morgan fingerprint density at radius 2 is 1.72 bits per heavy atom. The molecule has 2 aromatic rings. The SMILES string of the molecule is O=C(O)c1ccc(C=CC(=O)c2cccc(N3CCOCC3)c2)cc1. The van der Waals surface area contributed by atoms with Crippen LogP contribution in [-0.2, 0) is 4.74 Å². The van der Waals surface area contributed by atoms with E-state index in [1.807, 2.05) is 18.2 Å². The van der Waals surface area contributed by atoms with E-state index >= 15 is 0 Å². The molecule has 0 spiro atoms. The maximum absolute atomic E-state index is 12.4. The van der Waals surface area contributed by atoms with Crippen LogP contribution in [0.2, 0.25) is 0 Å². The number of hydrogen-bond donors (Lipinski definition) is 1. The molecular formula is C20H19NO4. The van der Waals surface area contributed by atoms with Crippen molar-refractivity contribution in [2.45, 2.75) is 0 Å². The van der Waals surface area contributed by atoms with Crippen LogP contribution in [-0.4, -0.2) is 43.2 Å². The number of allylic oxidation sites excluding steroid dienone is 1. The highest BCUT2D eigenvalue weighted by atomic mass is 16.5. The second-order valence-electron chi connectivity index (χ2n) is 5.77. The number of anilines is 1. The third kappa shape index (κ3) is 4.33. The Labute approximate surface area is 146 Å². The number of carbonyl (C=O) groups excluding carboxylic acids is 1. The quantitative estimate of drug-likeness (QED) is 0.671. The van der Waals surface area contributed by atoms with Crippen LogP contribution in [0.5, 0.6) is 0 Å². The number of nitrogens with zero attached hydrogens (tertiary/aromatic N) is 1. The molecule has 0 bridgehead atoms. The van der Waals surface area contributed by atoms with Gasteiger partial charge in [-0.15, -0.1) is 0 Å². The van der Waals surface area contributed by atoms with Crippen LogP contribution in [0, 0.1) is 0 Å². The van der Waals surface area contributed by atoms with Crippen molar-refractivity contribution in [3.05, 3.63) is 71.3 Å². The molecule has 1 aliphatic heterocycles. The molecule has 1 N–H and O–H groups in total. The van der Waals surface area contributed by atoms with Crippen molar-refractivity contribution in [3.8, 4) is 0 Å². The van der Waals surface area contributed by atoms with Crippen LogP contribution in [0.3, 0.4) is 0 Å². The summed E-state index contributed by atoms with van der Waals surface area (Å²) in [6, 6.07) is 14.0. The van der Waals surface area contributed by atoms with Crippen molar-refractivity contribution in [2.24, 2.45) is 0 Å². The summed E-state index contributed by atoms with van der Waals surface area (Å²) in [6.45, 7) is 3.04. The first-order valence-corrected chi connectivity index (χ1v) is 8.12. The van der Waals surface area contributed by atoms with Gasteiger partial charge >= 0.3 is 5.97 Å². The van der Waals surface area contributed by atoms with E-state index in [0.29, 0.717) is 18.8 Å². The number of carbonyl (C=O) groups is 2. The number of morpholine rings is 1. The maximum atomic E-state index is 12.4. The minimum Gasteiger partial charge on any atom is -0.478 e. The van der Waals surface area contributed by atoms with E-state index in [2.05, 4.69) is 4.90 Å². The summed E-state index contributed by atoms with van der Waals surface area (Å²) >= 11 is 0. The maximum Gasteiger partial charge on any atom is 0.335 e. The highest BCUT2D eigenvalue weighted by Gasteiger charge is 2.12. The fourth-order valence-electron chi connectivity index (χ4n) is 2.68. The van der Waals surface area contributed by atoms with Crippen LogP contribution in [0.1, 0.15) is 26.3 Å². The molecule has 0 amide bonds. The van der Waals surface area contributed by atoms with Gasteiger partial charge in [0.1, 0.15) is 0 Å². The molecule has 0 saturated carbocycles. The van der Waals surface area contributed by atoms with E-state index in [9.17, 15) is 9.59 Å². The first kappa shape index (κ1) is 16.9. The van der Waals surface area contributed by atoms with Gasteiger partial charge in [0.05, 0.1) is 18.8 Å². The zero-order chi connectivity index (χ0) is 17.6. The summed E-state index contributed by atoms with van der Waals surface area (Å²) in [5.74, 6) is -1.05. The largest absolute Gasteiger partial charge is 0.478 e. The monoisotopic (exact) mass is 337 g/mol. The van der Waals surface area contributed by atoms with Gasteiger partial charge in [-0.05, 0) is 35.9 Å². The highest BCUT2D eigenvalue weighted by molar-refractivity contribution is 6.07. The predicted molar refractivity (Wildman–Crippen MR) is 96.2 cm³/mol. The smallest absolute Gasteiger partial charge is 0.335 e. The average molecular weight is 337 g/mol. The van der Waals surface area contributed by atoms with Gasteiger partial charge in [-0.25, -0.2) is 4.79 Å². The predicted octanol–water partition coefficient (Wildman–Crippen LogP) is 3.12. The lowest BCUT2D eigenvalue weighted by atomic mass is 10.1. The molecule has 1 aliphatic rings. The number of ether oxygens (including phenoxy) is 1. The van der Waals surface area contributed by atoms with Gasteiger partial charge in [0.25, 0.3) is 0 Å². The van der Waals surface area contributed by atoms with Crippen molar-refractivity contribution in [3.63, 3.8) is 0 Å². The molecule has 0 unspecified atom stereocenters. The van der Waals surface area contributed by atoms with Crippen LogP contribution >= 0.6 is 0 Å². The summed E-state index contributed by atoms with van der Waals surface area (Å²) < 4.78 is 5.35. The lowest BCUT2D eigenvalue weighted by Crippen LogP contribution is -2.36. The first-order valence-electron chi connectivity index (χ1n) is 8.12. The Hall–Kier alpha value is -2.92. The van der Waals surface area contributed by atoms with Crippen molar-refractivity contribution in [1.29, 1.82) is 0 Å². The Balaban J connectivity index is 1.71. The molecule has 1 heterocycles. The topological polar surface area (TPSA) is 66.8 Å². The van der Waals surface area contributed by atoms with Crippen molar-refractivity contribution < 1.29 is 19.4 Å². The Morgan fingerprint density at radius 1 is 1.00 bits per heavy atom. The normalized spacial score (nSPS) is 14.6. The number of hydrogen-bond acceptors (Lipinski definition) is 4. The van der Waals surface area contributed by atoms with E-state index in [0.717, 1.165) is 24.3 Å². The summed E-state index contributed by atoms with van der Waals surface area (Å²) in [5, 5.41) is 8.89. The molecule has 25 heavy (non-hydrogen) atoms. The lowest BCUT2D eigenvalue weighted by Gasteiger charge is -2.29. The highest BCUT2D eigenvalue weighted by Crippen LogP contribution is 2.18. The summed E-state index contributed by atoms with van der Waals surface area (Å²) in [5.41, 5.74) is 2.65. The van der Waals surface area contributed by atoms with Gasteiger partial charge < -0.3 is 14.7 Å². The first-order chi connectivity index (χ1) is 12.1. The molecule has 0 atom stereocenters. The molecule has 2 aromatic carbocycles. The third-order valence-corrected chi connectivity index (χ3v) is 4.09. The van der Waals surface area contributed by atoms with Gasteiger partial charge in [-0.3, -0.25) is 4.79 Å². The van der Waals surface area contributed by atoms with Crippen LogP contribution in [0.15, 0.2) is 54.6 Å². The van der Waals surface area contributed by atoms with E-state index in [1.165, 1.54) is 18.2 Å². The molecule has 1 fully saturated rings. The Bertz CT molecular complexity index is 790. The summed E-state index contributed by atoms with van der Waals surface area (Å²) in [4.78, 5) is 25.4. The average Bonchev–Trinajstić information content (AvgIpc) is 2.67.